The van der Waals surface area contributed by atoms with Gasteiger partial charge in [-0.2, -0.15) is 0 Å². The number of carbonyl (C=O) groups is 1. The quantitative estimate of drug-likeness (QED) is 0.623. The van der Waals surface area contributed by atoms with Crippen LogP contribution in [-0.2, 0) is 11.2 Å². The van der Waals surface area contributed by atoms with Gasteiger partial charge in [0.1, 0.15) is 5.75 Å². The molecule has 0 spiro atoms. The van der Waals surface area contributed by atoms with Crippen molar-refractivity contribution in [1.29, 1.82) is 0 Å². The van der Waals surface area contributed by atoms with Gasteiger partial charge in [0.2, 0.25) is 0 Å². The zero-order valence-corrected chi connectivity index (χ0v) is 16.5. The van der Waals surface area contributed by atoms with Crippen LogP contribution in [0.2, 0.25) is 5.02 Å². The van der Waals surface area contributed by atoms with Gasteiger partial charge in [-0.3, -0.25) is 9.78 Å². The molecule has 1 fully saturated rings. The first-order valence-electron chi connectivity index (χ1n) is 9.20. The van der Waals surface area contributed by atoms with Crippen molar-refractivity contribution in [1.82, 2.24) is 9.88 Å². The Morgan fingerprint density at radius 3 is 3.04 bits per heavy atom. The molecular formula is C21H19ClN2O2S. The molecule has 4 nitrogen and oxygen atoms in total. The lowest BCUT2D eigenvalue weighted by Crippen LogP contribution is -2.39. The van der Waals surface area contributed by atoms with Crippen LogP contribution in [0.5, 0.6) is 5.75 Å². The highest BCUT2D eigenvalue weighted by molar-refractivity contribution is 7.17. The Morgan fingerprint density at radius 1 is 1.33 bits per heavy atom. The van der Waals surface area contributed by atoms with E-state index in [-0.39, 0.29) is 5.91 Å². The molecule has 27 heavy (non-hydrogen) atoms. The molecule has 5 rings (SSSR count). The zero-order chi connectivity index (χ0) is 18.5. The van der Waals surface area contributed by atoms with Crippen molar-refractivity contribution in [3.8, 4) is 16.9 Å². The predicted molar refractivity (Wildman–Crippen MR) is 109 cm³/mol. The fourth-order valence-corrected chi connectivity index (χ4v) is 5.21. The molecule has 2 aliphatic heterocycles. The van der Waals surface area contributed by atoms with E-state index in [0.29, 0.717) is 17.4 Å². The van der Waals surface area contributed by atoms with Crippen molar-refractivity contribution in [3.05, 3.63) is 46.4 Å². The molecule has 0 radical (unpaired) electrons. The molecule has 0 unspecified atom stereocenters. The minimum Gasteiger partial charge on any atom is -0.479 e. The Hall–Kier alpha value is -2.11. The number of halogens is 1. The highest BCUT2D eigenvalue weighted by atomic mass is 35.5. The minimum absolute atomic E-state index is 0.0913. The van der Waals surface area contributed by atoms with E-state index in [4.69, 9.17) is 16.3 Å². The maximum absolute atomic E-state index is 12.9. The van der Waals surface area contributed by atoms with Crippen LogP contribution in [0.25, 0.3) is 21.3 Å². The topological polar surface area (TPSA) is 42.4 Å². The van der Waals surface area contributed by atoms with Crippen molar-refractivity contribution in [2.24, 2.45) is 5.92 Å². The number of pyridine rings is 1. The van der Waals surface area contributed by atoms with Gasteiger partial charge in [-0.25, -0.2) is 0 Å². The smallest absolute Gasteiger partial charge is 0.264 e. The summed E-state index contributed by atoms with van der Waals surface area (Å²) in [5.74, 6) is 1.44. The highest BCUT2D eigenvalue weighted by Gasteiger charge is 2.36. The Kier molecular flexibility index (Phi) is 4.10. The van der Waals surface area contributed by atoms with Gasteiger partial charge in [0.15, 0.2) is 6.10 Å². The lowest BCUT2D eigenvalue weighted by molar-refractivity contribution is -0.136. The lowest BCUT2D eigenvalue weighted by Gasteiger charge is -2.20. The normalized spacial score (nSPS) is 21.5. The first-order valence-corrected chi connectivity index (χ1v) is 10.5. The number of aromatic nitrogens is 1. The molecule has 1 aromatic carbocycles. The molecule has 0 bridgehead atoms. The number of carbonyl (C=O) groups excluding carboxylic acids is 1. The summed E-state index contributed by atoms with van der Waals surface area (Å²) in [6.07, 6.45) is 2.99. The van der Waals surface area contributed by atoms with Gasteiger partial charge in [-0.15, -0.1) is 11.3 Å². The average molecular weight is 399 g/mol. The van der Waals surface area contributed by atoms with Crippen molar-refractivity contribution in [2.75, 3.05) is 13.1 Å². The van der Waals surface area contributed by atoms with E-state index in [1.807, 2.05) is 34.5 Å². The summed E-state index contributed by atoms with van der Waals surface area (Å²) in [5.41, 5.74) is 3.96. The molecule has 1 saturated heterocycles. The van der Waals surface area contributed by atoms with Crippen LogP contribution >= 0.6 is 22.9 Å². The number of hydrogen-bond acceptors (Lipinski definition) is 4. The summed E-state index contributed by atoms with van der Waals surface area (Å²) in [4.78, 5) is 19.3. The lowest BCUT2D eigenvalue weighted by atomic mass is 10.0. The maximum atomic E-state index is 12.9. The standard InChI is InChI=1S/C21H19ClN2O2S/c1-12-3-6-24(11-12)21(25)18-9-13-8-14(22)10-16(19(13)26-18)15-2-5-23-17-4-7-27-20(15)17/h2,4-5,7-8,10,12,18H,3,6,9,11H2,1H3/t12-,18+/m0/s1. The number of rotatable bonds is 2. The number of likely N-dealkylation sites (tertiary alicyclic amines) is 1. The first-order chi connectivity index (χ1) is 13.1. The minimum atomic E-state index is -0.455. The fourth-order valence-electron chi connectivity index (χ4n) is 4.09. The second-order valence-electron chi connectivity index (χ2n) is 7.42. The number of ether oxygens (including phenoxy) is 1. The Bertz CT molecular complexity index is 1050. The first kappa shape index (κ1) is 17.0. The van der Waals surface area contributed by atoms with Gasteiger partial charge in [-0.1, -0.05) is 18.5 Å². The number of benzene rings is 1. The van der Waals surface area contributed by atoms with Gasteiger partial charge < -0.3 is 9.64 Å². The van der Waals surface area contributed by atoms with E-state index in [1.54, 1.807) is 17.5 Å². The van der Waals surface area contributed by atoms with Gasteiger partial charge in [0, 0.05) is 47.4 Å². The second-order valence-corrected chi connectivity index (χ2v) is 8.78. The number of hydrogen-bond donors (Lipinski definition) is 0. The third kappa shape index (κ3) is 2.89. The maximum Gasteiger partial charge on any atom is 0.264 e. The Balaban J connectivity index is 1.53. The third-order valence-corrected chi connectivity index (χ3v) is 6.60. The average Bonchev–Trinajstić information content (AvgIpc) is 3.38. The number of amides is 1. The number of fused-ring (bicyclic) bond motifs is 2. The summed E-state index contributed by atoms with van der Waals surface area (Å²) >= 11 is 8.07. The summed E-state index contributed by atoms with van der Waals surface area (Å²) in [7, 11) is 0. The van der Waals surface area contributed by atoms with Crippen LogP contribution in [0.15, 0.2) is 35.8 Å². The molecule has 6 heteroatoms. The third-order valence-electron chi connectivity index (χ3n) is 5.44. The van der Waals surface area contributed by atoms with Gasteiger partial charge in [-0.05, 0) is 42.0 Å². The van der Waals surface area contributed by atoms with Crippen LogP contribution in [-0.4, -0.2) is 35.0 Å². The summed E-state index contributed by atoms with van der Waals surface area (Å²) in [5, 5.41) is 2.70. The molecule has 4 heterocycles. The van der Waals surface area contributed by atoms with Crippen LogP contribution in [0.4, 0.5) is 0 Å². The monoisotopic (exact) mass is 398 g/mol. The Morgan fingerprint density at radius 2 is 2.22 bits per heavy atom. The van der Waals surface area contributed by atoms with E-state index >= 15 is 0 Å². The van der Waals surface area contributed by atoms with Gasteiger partial charge in [0.25, 0.3) is 5.91 Å². The van der Waals surface area contributed by atoms with E-state index < -0.39 is 6.10 Å². The van der Waals surface area contributed by atoms with E-state index in [1.165, 1.54) is 0 Å². The van der Waals surface area contributed by atoms with Crippen molar-refractivity contribution < 1.29 is 9.53 Å². The van der Waals surface area contributed by atoms with E-state index in [9.17, 15) is 4.79 Å². The number of thiophene rings is 1. The summed E-state index contributed by atoms with van der Waals surface area (Å²) < 4.78 is 7.32. The molecule has 138 valence electrons. The molecule has 0 aliphatic carbocycles. The summed E-state index contributed by atoms with van der Waals surface area (Å²) in [6, 6.07) is 7.86. The fraction of sp³-hybridized carbons (Fsp3) is 0.333. The van der Waals surface area contributed by atoms with Crippen LogP contribution < -0.4 is 4.74 Å². The molecule has 0 N–H and O–H groups in total. The Labute approximate surface area is 166 Å². The van der Waals surface area contributed by atoms with Crippen molar-refractivity contribution in [2.45, 2.75) is 25.9 Å². The molecule has 0 saturated carbocycles. The predicted octanol–water partition coefficient (Wildman–Crippen LogP) is 4.79. The molecule has 3 aromatic rings. The van der Waals surface area contributed by atoms with Crippen molar-refractivity contribution in [3.63, 3.8) is 0 Å². The molecule has 2 aromatic heterocycles. The number of nitrogens with zero attached hydrogens (tertiary/aromatic N) is 2. The van der Waals surface area contributed by atoms with Crippen LogP contribution in [0.3, 0.4) is 0 Å². The SMILES string of the molecule is C[C@H]1CCN(C(=O)[C@H]2Cc3cc(Cl)cc(-c4ccnc5ccsc45)c3O2)C1. The summed E-state index contributed by atoms with van der Waals surface area (Å²) in [6.45, 7) is 3.83. The van der Waals surface area contributed by atoms with Gasteiger partial charge >= 0.3 is 0 Å². The van der Waals surface area contributed by atoms with Crippen LogP contribution in [0.1, 0.15) is 18.9 Å². The van der Waals surface area contributed by atoms with E-state index in [0.717, 1.165) is 52.2 Å². The van der Waals surface area contributed by atoms with Crippen LogP contribution in [0, 0.1) is 5.92 Å². The molecular weight excluding hydrogens is 380 g/mol. The van der Waals surface area contributed by atoms with Crippen molar-refractivity contribution >= 4 is 39.1 Å². The second kappa shape index (κ2) is 6.50. The molecule has 2 aliphatic rings. The van der Waals surface area contributed by atoms with Gasteiger partial charge in [0.05, 0.1) is 10.2 Å². The van der Waals surface area contributed by atoms with E-state index in [2.05, 4.69) is 11.9 Å². The zero-order valence-electron chi connectivity index (χ0n) is 14.9. The molecule has 1 amide bonds. The largest absolute Gasteiger partial charge is 0.479 e. The molecule has 2 atom stereocenters. The highest BCUT2D eigenvalue weighted by Crippen LogP contribution is 2.44.